The van der Waals surface area contributed by atoms with Gasteiger partial charge >= 0.3 is 0 Å². The number of carbonyl (C=O) groups is 2. The summed E-state index contributed by atoms with van der Waals surface area (Å²) in [7, 11) is 0. The van der Waals surface area contributed by atoms with Crippen molar-refractivity contribution in [3.63, 3.8) is 0 Å². The van der Waals surface area contributed by atoms with Gasteiger partial charge in [-0.1, -0.05) is 37.3 Å². The summed E-state index contributed by atoms with van der Waals surface area (Å²) in [5, 5.41) is 0. The Balaban J connectivity index is 2.38. The highest BCUT2D eigenvalue weighted by atomic mass is 16.1. The van der Waals surface area contributed by atoms with Crippen LogP contribution in [0.25, 0.3) is 0 Å². The third-order valence-electron chi connectivity index (χ3n) is 5.75. The van der Waals surface area contributed by atoms with Gasteiger partial charge in [0.05, 0.1) is 0 Å². The predicted octanol–water partition coefficient (Wildman–Crippen LogP) is 4.52. The average molecular weight is 300 g/mol. The Morgan fingerprint density at radius 3 is 2.36 bits per heavy atom. The van der Waals surface area contributed by atoms with Gasteiger partial charge in [-0.15, -0.1) is 0 Å². The zero-order valence-electron chi connectivity index (χ0n) is 14.3. The third kappa shape index (κ3) is 3.02. The van der Waals surface area contributed by atoms with Crippen molar-refractivity contribution in [3.8, 4) is 0 Å². The average Bonchev–Trinajstić information content (AvgIpc) is 2.44. The number of rotatable bonds is 3. The molecule has 0 aromatic carbocycles. The molecule has 1 saturated carbocycles. The van der Waals surface area contributed by atoms with Gasteiger partial charge in [0.15, 0.2) is 5.78 Å². The Morgan fingerprint density at radius 2 is 1.82 bits per heavy atom. The summed E-state index contributed by atoms with van der Waals surface area (Å²) in [4.78, 5) is 25.3. The van der Waals surface area contributed by atoms with Crippen LogP contribution >= 0.6 is 0 Å². The van der Waals surface area contributed by atoms with Crippen LogP contribution in [0.4, 0.5) is 0 Å². The summed E-state index contributed by atoms with van der Waals surface area (Å²) in [6, 6.07) is 0. The van der Waals surface area contributed by atoms with Crippen LogP contribution in [-0.4, -0.2) is 11.6 Å². The van der Waals surface area contributed by atoms with E-state index in [0.29, 0.717) is 6.42 Å². The summed E-state index contributed by atoms with van der Waals surface area (Å²) in [6.07, 6.45) is 4.38. The van der Waals surface area contributed by atoms with E-state index in [1.807, 2.05) is 33.8 Å². The van der Waals surface area contributed by atoms with Crippen molar-refractivity contribution in [2.45, 2.75) is 47.0 Å². The van der Waals surface area contributed by atoms with Gasteiger partial charge in [-0.2, -0.15) is 0 Å². The molecule has 0 saturated heterocycles. The lowest BCUT2D eigenvalue weighted by atomic mass is 9.60. The lowest BCUT2D eigenvalue weighted by Gasteiger charge is -2.42. The van der Waals surface area contributed by atoms with E-state index in [1.165, 1.54) is 0 Å². The molecule has 0 heterocycles. The van der Waals surface area contributed by atoms with Crippen molar-refractivity contribution < 1.29 is 9.59 Å². The lowest BCUT2D eigenvalue weighted by Crippen LogP contribution is -2.43. The maximum atomic E-state index is 12.8. The zero-order valence-corrected chi connectivity index (χ0v) is 14.3. The van der Waals surface area contributed by atoms with E-state index in [2.05, 4.69) is 13.2 Å². The summed E-state index contributed by atoms with van der Waals surface area (Å²) in [5.41, 5.74) is 2.96. The van der Waals surface area contributed by atoms with E-state index >= 15 is 0 Å². The fourth-order valence-corrected chi connectivity index (χ4v) is 4.11. The molecule has 2 aliphatic carbocycles. The maximum Gasteiger partial charge on any atom is 0.162 e. The van der Waals surface area contributed by atoms with Crippen LogP contribution in [-0.2, 0) is 9.59 Å². The van der Waals surface area contributed by atoms with E-state index in [-0.39, 0.29) is 41.2 Å². The van der Waals surface area contributed by atoms with Crippen LogP contribution in [0, 0.1) is 29.6 Å². The zero-order chi connectivity index (χ0) is 16.6. The highest BCUT2D eigenvalue weighted by Crippen LogP contribution is 2.46. The van der Waals surface area contributed by atoms with E-state index in [0.717, 1.165) is 29.6 Å². The van der Waals surface area contributed by atoms with Crippen LogP contribution in [0.15, 0.2) is 36.0 Å². The molecule has 22 heavy (non-hydrogen) atoms. The molecule has 5 atom stereocenters. The second kappa shape index (κ2) is 6.36. The summed E-state index contributed by atoms with van der Waals surface area (Å²) >= 11 is 0. The topological polar surface area (TPSA) is 34.1 Å². The largest absolute Gasteiger partial charge is 0.299 e. The SMILES string of the molecule is C=C(C)[C@@H]1CC(=O)C(C)C(C2C(=O)C(C)=CC[C@@H]2C(=C)C)C1. The quantitative estimate of drug-likeness (QED) is 0.718. The van der Waals surface area contributed by atoms with Gasteiger partial charge in [-0.25, -0.2) is 0 Å². The molecule has 2 aliphatic rings. The molecule has 0 bridgehead atoms. The molecule has 2 nitrogen and oxygen atoms in total. The predicted molar refractivity (Wildman–Crippen MR) is 90.4 cm³/mol. The van der Waals surface area contributed by atoms with Crippen molar-refractivity contribution in [1.29, 1.82) is 0 Å². The van der Waals surface area contributed by atoms with Crippen molar-refractivity contribution in [2.24, 2.45) is 29.6 Å². The number of hydrogen-bond donors (Lipinski definition) is 0. The molecular weight excluding hydrogens is 272 g/mol. The molecule has 0 aliphatic heterocycles. The second-order valence-electron chi connectivity index (χ2n) is 7.37. The van der Waals surface area contributed by atoms with Crippen LogP contribution in [0.3, 0.4) is 0 Å². The van der Waals surface area contributed by atoms with Gasteiger partial charge in [-0.3, -0.25) is 9.59 Å². The highest BCUT2D eigenvalue weighted by Gasteiger charge is 2.45. The minimum absolute atomic E-state index is 0.0442. The molecule has 3 unspecified atom stereocenters. The number of ketones is 2. The normalized spacial score (nSPS) is 36.0. The molecule has 0 amide bonds. The maximum absolute atomic E-state index is 12.8. The van der Waals surface area contributed by atoms with Gasteiger partial charge in [0.1, 0.15) is 5.78 Å². The molecule has 0 radical (unpaired) electrons. The fraction of sp³-hybridized carbons (Fsp3) is 0.600. The minimum Gasteiger partial charge on any atom is -0.299 e. The number of Topliss-reactive ketones (excluding diaryl/α,β-unsaturated/α-hetero) is 2. The fourth-order valence-electron chi connectivity index (χ4n) is 4.11. The molecule has 1 fully saturated rings. The van der Waals surface area contributed by atoms with Gasteiger partial charge in [-0.05, 0) is 56.9 Å². The van der Waals surface area contributed by atoms with Gasteiger partial charge in [0.25, 0.3) is 0 Å². The van der Waals surface area contributed by atoms with Gasteiger partial charge in [0.2, 0.25) is 0 Å². The monoisotopic (exact) mass is 300 g/mol. The second-order valence-corrected chi connectivity index (χ2v) is 7.37. The van der Waals surface area contributed by atoms with E-state index in [1.54, 1.807) is 0 Å². The Labute approximate surface area is 134 Å². The highest BCUT2D eigenvalue weighted by molar-refractivity contribution is 5.98. The van der Waals surface area contributed by atoms with Crippen LogP contribution < -0.4 is 0 Å². The molecule has 2 rings (SSSR count). The number of allylic oxidation sites excluding steroid dienone is 4. The van der Waals surface area contributed by atoms with Crippen LogP contribution in [0.5, 0.6) is 0 Å². The first kappa shape index (κ1) is 16.9. The molecule has 0 aromatic rings. The van der Waals surface area contributed by atoms with E-state index in [9.17, 15) is 9.59 Å². The van der Waals surface area contributed by atoms with E-state index in [4.69, 9.17) is 0 Å². The lowest BCUT2D eigenvalue weighted by molar-refractivity contribution is -0.132. The molecule has 0 spiro atoms. The number of hydrogen-bond acceptors (Lipinski definition) is 2. The first-order chi connectivity index (χ1) is 10.2. The Morgan fingerprint density at radius 1 is 1.18 bits per heavy atom. The summed E-state index contributed by atoms with van der Waals surface area (Å²) in [5.74, 6) is 0.858. The minimum atomic E-state index is -0.0939. The molecule has 120 valence electrons. The Bertz CT molecular complexity index is 552. The summed E-state index contributed by atoms with van der Waals surface area (Å²) < 4.78 is 0. The Kier molecular flexibility index (Phi) is 4.89. The van der Waals surface area contributed by atoms with Crippen LogP contribution in [0.1, 0.15) is 47.0 Å². The van der Waals surface area contributed by atoms with Crippen molar-refractivity contribution in [3.05, 3.63) is 36.0 Å². The third-order valence-corrected chi connectivity index (χ3v) is 5.75. The standard InChI is InChI=1S/C20H28O2/c1-11(2)15-9-17(14(6)18(21)10-15)19-16(12(3)4)8-7-13(5)20(19)22/h7,14-17,19H,1,3,8-10H2,2,4-6H3/t14?,15-,16+,17?,19?/m0/s1. The molecule has 2 heteroatoms. The molecule has 0 aromatic heterocycles. The van der Waals surface area contributed by atoms with Crippen LogP contribution in [0.2, 0.25) is 0 Å². The smallest absolute Gasteiger partial charge is 0.162 e. The van der Waals surface area contributed by atoms with Crippen molar-refractivity contribution >= 4 is 11.6 Å². The first-order valence-electron chi connectivity index (χ1n) is 8.28. The van der Waals surface area contributed by atoms with Gasteiger partial charge in [0, 0.05) is 18.3 Å². The van der Waals surface area contributed by atoms with E-state index < -0.39 is 0 Å². The summed E-state index contributed by atoms with van der Waals surface area (Å²) in [6.45, 7) is 16.0. The van der Waals surface area contributed by atoms with Gasteiger partial charge < -0.3 is 0 Å². The first-order valence-corrected chi connectivity index (χ1v) is 8.28. The molecular formula is C20H28O2. The van der Waals surface area contributed by atoms with Crippen molar-refractivity contribution in [2.75, 3.05) is 0 Å². The van der Waals surface area contributed by atoms with Crippen molar-refractivity contribution in [1.82, 2.24) is 0 Å². The molecule has 0 N–H and O–H groups in total. The Hall–Kier alpha value is -1.44. The number of carbonyl (C=O) groups excluding carboxylic acids is 2.